The van der Waals surface area contributed by atoms with Gasteiger partial charge < -0.3 is 5.32 Å². The summed E-state index contributed by atoms with van der Waals surface area (Å²) in [4.78, 5) is 9.18. The molecule has 0 saturated carbocycles. The van der Waals surface area contributed by atoms with E-state index in [0.29, 0.717) is 0 Å². The van der Waals surface area contributed by atoms with Gasteiger partial charge >= 0.3 is 0 Å². The Hall–Kier alpha value is -0.970. The Balaban J connectivity index is 1.91. The lowest BCUT2D eigenvalue weighted by Gasteiger charge is -2.11. The summed E-state index contributed by atoms with van der Waals surface area (Å²) < 4.78 is 0.826. The minimum atomic E-state index is 0.290. The van der Waals surface area contributed by atoms with Gasteiger partial charge in [-0.1, -0.05) is 11.6 Å². The second-order valence-electron chi connectivity index (χ2n) is 3.49. The first-order valence-corrected chi connectivity index (χ1v) is 6.17. The molecule has 0 amide bonds. The van der Waals surface area contributed by atoms with Crippen LogP contribution in [0, 0.1) is 0 Å². The molecule has 1 unspecified atom stereocenters. The summed E-state index contributed by atoms with van der Waals surface area (Å²) in [5, 5.41) is 3.40. The van der Waals surface area contributed by atoms with E-state index >= 15 is 0 Å². The van der Waals surface area contributed by atoms with Gasteiger partial charge in [-0.2, -0.15) is 0 Å². The van der Waals surface area contributed by atoms with Crippen LogP contribution >= 0.6 is 22.9 Å². The van der Waals surface area contributed by atoms with Crippen LogP contribution in [0.15, 0.2) is 30.9 Å². The number of hydrogen-bond donors (Lipinski definition) is 1. The maximum Gasteiger partial charge on any atom is 0.115 e. The van der Waals surface area contributed by atoms with Crippen LogP contribution in [-0.2, 0) is 6.54 Å². The van der Waals surface area contributed by atoms with Gasteiger partial charge in [-0.3, -0.25) is 0 Å². The molecule has 2 aromatic heterocycles. The molecule has 0 aliphatic carbocycles. The van der Waals surface area contributed by atoms with Crippen molar-refractivity contribution in [1.82, 2.24) is 15.3 Å². The predicted octanol–water partition coefficient (Wildman–Crippen LogP) is 3.04. The topological polar surface area (TPSA) is 37.8 Å². The van der Waals surface area contributed by atoms with E-state index in [9.17, 15) is 0 Å². The second-order valence-corrected chi connectivity index (χ2v) is 5.24. The molecule has 5 heteroatoms. The summed E-state index contributed by atoms with van der Waals surface area (Å²) in [6.45, 7) is 2.88. The highest BCUT2D eigenvalue weighted by Gasteiger charge is 2.07. The molecule has 0 radical (unpaired) electrons. The molecule has 3 nitrogen and oxygen atoms in total. The van der Waals surface area contributed by atoms with Crippen molar-refractivity contribution in [1.29, 1.82) is 0 Å². The number of aromatic nitrogens is 2. The fraction of sp³-hybridized carbons (Fsp3) is 0.273. The summed E-state index contributed by atoms with van der Waals surface area (Å²) in [5.41, 5.74) is 1.08. The average molecular weight is 254 g/mol. The molecule has 0 aliphatic heterocycles. The SMILES string of the molecule is CC(NCc1cncnc1)c1ccc(Cl)s1. The molecule has 0 aliphatic rings. The third kappa shape index (κ3) is 3.01. The molecule has 1 N–H and O–H groups in total. The van der Waals surface area contributed by atoms with Crippen LogP contribution in [0.5, 0.6) is 0 Å². The molecule has 0 spiro atoms. The Bertz CT molecular complexity index is 444. The number of nitrogens with one attached hydrogen (secondary N) is 1. The van der Waals surface area contributed by atoms with Crippen molar-refractivity contribution in [3.63, 3.8) is 0 Å². The van der Waals surface area contributed by atoms with Gasteiger partial charge in [0.2, 0.25) is 0 Å². The Kier molecular flexibility index (Phi) is 3.88. The van der Waals surface area contributed by atoms with Crippen molar-refractivity contribution in [2.75, 3.05) is 0 Å². The molecule has 2 rings (SSSR count). The summed E-state index contributed by atoms with van der Waals surface area (Å²) in [6.07, 6.45) is 5.16. The zero-order valence-electron chi connectivity index (χ0n) is 8.85. The molecule has 2 aromatic rings. The third-order valence-electron chi connectivity index (χ3n) is 2.25. The normalized spacial score (nSPS) is 12.6. The highest BCUT2D eigenvalue weighted by atomic mass is 35.5. The molecule has 0 aromatic carbocycles. The lowest BCUT2D eigenvalue weighted by molar-refractivity contribution is 0.581. The van der Waals surface area contributed by atoms with Crippen LogP contribution in [0.3, 0.4) is 0 Å². The lowest BCUT2D eigenvalue weighted by Crippen LogP contribution is -2.17. The van der Waals surface area contributed by atoms with E-state index in [2.05, 4.69) is 22.2 Å². The Labute approximate surface area is 104 Å². The molecule has 16 heavy (non-hydrogen) atoms. The second kappa shape index (κ2) is 5.39. The van der Waals surface area contributed by atoms with Crippen LogP contribution in [0.4, 0.5) is 0 Å². The standard InChI is InChI=1S/C11H12ClN3S/c1-8(10-2-3-11(12)16-10)15-6-9-4-13-7-14-5-9/h2-5,7-8,15H,6H2,1H3. The van der Waals surface area contributed by atoms with Gasteiger partial charge in [0.05, 0.1) is 4.34 Å². The predicted molar refractivity (Wildman–Crippen MR) is 66.6 cm³/mol. The van der Waals surface area contributed by atoms with Crippen LogP contribution < -0.4 is 5.32 Å². The molecule has 0 saturated heterocycles. The quantitative estimate of drug-likeness (QED) is 0.910. The first kappa shape index (κ1) is 11.5. The maximum atomic E-state index is 5.89. The number of halogens is 1. The molecular formula is C11H12ClN3S. The van der Waals surface area contributed by atoms with Gasteiger partial charge in [-0.25, -0.2) is 9.97 Å². The molecular weight excluding hydrogens is 242 g/mol. The van der Waals surface area contributed by atoms with Crippen molar-refractivity contribution in [3.8, 4) is 0 Å². The Morgan fingerprint density at radius 1 is 1.38 bits per heavy atom. The van der Waals surface area contributed by atoms with Gasteiger partial charge in [0.25, 0.3) is 0 Å². The largest absolute Gasteiger partial charge is 0.305 e. The van der Waals surface area contributed by atoms with Crippen molar-refractivity contribution in [2.24, 2.45) is 0 Å². The minimum Gasteiger partial charge on any atom is -0.305 e. The molecule has 0 bridgehead atoms. The summed E-state index contributed by atoms with van der Waals surface area (Å²) in [6, 6.07) is 4.26. The van der Waals surface area contributed by atoms with Crippen LogP contribution in [0.2, 0.25) is 4.34 Å². The third-order valence-corrected chi connectivity index (χ3v) is 3.66. The number of hydrogen-bond acceptors (Lipinski definition) is 4. The van der Waals surface area contributed by atoms with Gasteiger partial charge in [0, 0.05) is 35.4 Å². The van der Waals surface area contributed by atoms with Gasteiger partial charge in [-0.15, -0.1) is 11.3 Å². The monoisotopic (exact) mass is 253 g/mol. The van der Waals surface area contributed by atoms with E-state index < -0.39 is 0 Å². The summed E-state index contributed by atoms with van der Waals surface area (Å²) in [7, 11) is 0. The van der Waals surface area contributed by atoms with Crippen molar-refractivity contribution in [2.45, 2.75) is 19.5 Å². The highest BCUT2D eigenvalue weighted by Crippen LogP contribution is 2.26. The number of nitrogens with zero attached hydrogens (tertiary/aromatic N) is 2. The number of thiophene rings is 1. The first-order chi connectivity index (χ1) is 7.75. The van der Waals surface area contributed by atoms with E-state index in [0.717, 1.165) is 16.4 Å². The zero-order chi connectivity index (χ0) is 11.4. The van der Waals surface area contributed by atoms with Gasteiger partial charge in [0.1, 0.15) is 6.33 Å². The van der Waals surface area contributed by atoms with E-state index in [1.807, 2.05) is 24.5 Å². The van der Waals surface area contributed by atoms with Crippen LogP contribution in [0.25, 0.3) is 0 Å². The van der Waals surface area contributed by atoms with E-state index in [1.165, 1.54) is 11.2 Å². The summed E-state index contributed by atoms with van der Waals surface area (Å²) in [5.74, 6) is 0. The summed E-state index contributed by atoms with van der Waals surface area (Å²) >= 11 is 7.50. The Morgan fingerprint density at radius 2 is 2.12 bits per heavy atom. The fourth-order valence-electron chi connectivity index (χ4n) is 1.35. The fourth-order valence-corrected chi connectivity index (χ4v) is 2.44. The van der Waals surface area contributed by atoms with Crippen molar-refractivity contribution < 1.29 is 0 Å². The van der Waals surface area contributed by atoms with Crippen molar-refractivity contribution >= 4 is 22.9 Å². The highest BCUT2D eigenvalue weighted by molar-refractivity contribution is 7.16. The van der Waals surface area contributed by atoms with Gasteiger partial charge in [-0.05, 0) is 19.1 Å². The molecule has 1 atom stereocenters. The van der Waals surface area contributed by atoms with Crippen molar-refractivity contribution in [3.05, 3.63) is 45.6 Å². The maximum absolute atomic E-state index is 5.89. The molecule has 0 fully saturated rings. The van der Waals surface area contributed by atoms with E-state index in [4.69, 9.17) is 11.6 Å². The van der Waals surface area contributed by atoms with Crippen LogP contribution in [-0.4, -0.2) is 9.97 Å². The minimum absolute atomic E-state index is 0.290. The molecule has 2 heterocycles. The smallest absolute Gasteiger partial charge is 0.115 e. The average Bonchev–Trinajstić information content (AvgIpc) is 2.74. The van der Waals surface area contributed by atoms with Crippen LogP contribution in [0.1, 0.15) is 23.4 Å². The number of rotatable bonds is 4. The van der Waals surface area contributed by atoms with E-state index in [-0.39, 0.29) is 6.04 Å². The van der Waals surface area contributed by atoms with Gasteiger partial charge in [0.15, 0.2) is 0 Å². The Morgan fingerprint density at radius 3 is 2.75 bits per heavy atom. The lowest BCUT2D eigenvalue weighted by atomic mass is 10.2. The zero-order valence-corrected chi connectivity index (χ0v) is 10.4. The first-order valence-electron chi connectivity index (χ1n) is 4.98. The van der Waals surface area contributed by atoms with E-state index in [1.54, 1.807) is 11.3 Å². The molecule has 84 valence electrons.